The number of aromatic hydroxyl groups is 1. The van der Waals surface area contributed by atoms with Gasteiger partial charge in [0.05, 0.1) is 6.10 Å². The Morgan fingerprint density at radius 3 is 3.00 bits per heavy atom. The van der Waals surface area contributed by atoms with Gasteiger partial charge in [-0.2, -0.15) is 0 Å². The molecule has 1 amide bonds. The van der Waals surface area contributed by atoms with E-state index in [2.05, 4.69) is 0 Å². The van der Waals surface area contributed by atoms with Crippen molar-refractivity contribution in [1.82, 2.24) is 4.90 Å². The third-order valence-electron chi connectivity index (χ3n) is 3.58. The highest BCUT2D eigenvalue weighted by atomic mass is 19.1. The van der Waals surface area contributed by atoms with E-state index in [-0.39, 0.29) is 5.91 Å². The molecule has 0 saturated carbocycles. The van der Waals surface area contributed by atoms with E-state index in [9.17, 15) is 14.3 Å². The Labute approximate surface area is 118 Å². The van der Waals surface area contributed by atoms with Crippen LogP contribution < -0.4 is 0 Å². The molecule has 0 radical (unpaired) electrons. The topological polar surface area (TPSA) is 49.8 Å². The van der Waals surface area contributed by atoms with E-state index in [1.54, 1.807) is 11.9 Å². The minimum absolute atomic E-state index is 0.215. The van der Waals surface area contributed by atoms with Gasteiger partial charge >= 0.3 is 0 Å². The standard InChI is InChI=1S/C15H20FNO3/c1-17(8-2-4-12-5-3-9-20-12)15(19)11-6-7-13(16)14(18)10-11/h6-7,10,12,18H,2-5,8-9H2,1H3/t12-/m1/s1. The van der Waals surface area contributed by atoms with E-state index >= 15 is 0 Å². The summed E-state index contributed by atoms with van der Waals surface area (Å²) >= 11 is 0. The Kier molecular flexibility index (Phi) is 4.95. The molecule has 110 valence electrons. The summed E-state index contributed by atoms with van der Waals surface area (Å²) in [5, 5.41) is 9.29. The van der Waals surface area contributed by atoms with E-state index < -0.39 is 11.6 Å². The zero-order valence-electron chi connectivity index (χ0n) is 11.6. The van der Waals surface area contributed by atoms with Crippen LogP contribution in [0, 0.1) is 5.82 Å². The Hall–Kier alpha value is -1.62. The summed E-state index contributed by atoms with van der Waals surface area (Å²) in [6, 6.07) is 3.64. The fourth-order valence-corrected chi connectivity index (χ4v) is 2.40. The van der Waals surface area contributed by atoms with Crippen molar-refractivity contribution >= 4 is 5.91 Å². The molecule has 1 aromatic carbocycles. The number of halogens is 1. The van der Waals surface area contributed by atoms with Gasteiger partial charge in [0, 0.05) is 25.8 Å². The number of amides is 1. The number of ether oxygens (including phenoxy) is 1. The fraction of sp³-hybridized carbons (Fsp3) is 0.533. The van der Waals surface area contributed by atoms with Gasteiger partial charge in [0.1, 0.15) is 0 Å². The normalized spacial score (nSPS) is 18.2. The zero-order valence-corrected chi connectivity index (χ0v) is 11.6. The lowest BCUT2D eigenvalue weighted by Crippen LogP contribution is -2.28. The number of rotatable bonds is 5. The zero-order chi connectivity index (χ0) is 14.5. The first-order chi connectivity index (χ1) is 9.58. The lowest BCUT2D eigenvalue weighted by atomic mass is 10.1. The van der Waals surface area contributed by atoms with Crippen LogP contribution in [0.2, 0.25) is 0 Å². The summed E-state index contributed by atoms with van der Waals surface area (Å²) in [6.45, 7) is 1.46. The average Bonchev–Trinajstić information content (AvgIpc) is 2.94. The Bertz CT molecular complexity index is 472. The van der Waals surface area contributed by atoms with Gasteiger partial charge in [0.25, 0.3) is 5.91 Å². The van der Waals surface area contributed by atoms with Gasteiger partial charge in [-0.25, -0.2) is 4.39 Å². The van der Waals surface area contributed by atoms with Gasteiger partial charge in [-0.3, -0.25) is 4.79 Å². The number of benzene rings is 1. The van der Waals surface area contributed by atoms with Crippen molar-refractivity contribution in [2.24, 2.45) is 0 Å². The second-order valence-electron chi connectivity index (χ2n) is 5.17. The average molecular weight is 281 g/mol. The molecule has 1 aliphatic rings. The van der Waals surface area contributed by atoms with Crippen LogP contribution in [0.15, 0.2) is 18.2 Å². The van der Waals surface area contributed by atoms with Crippen molar-refractivity contribution in [3.8, 4) is 5.75 Å². The number of hydrogen-bond donors (Lipinski definition) is 1. The first-order valence-corrected chi connectivity index (χ1v) is 6.93. The van der Waals surface area contributed by atoms with Crippen LogP contribution in [0.1, 0.15) is 36.0 Å². The quantitative estimate of drug-likeness (QED) is 0.902. The molecule has 0 aromatic heterocycles. The molecule has 1 aromatic rings. The molecule has 0 unspecified atom stereocenters. The van der Waals surface area contributed by atoms with Gasteiger partial charge in [0.2, 0.25) is 0 Å². The summed E-state index contributed by atoms with van der Waals surface area (Å²) in [5.41, 5.74) is 0.295. The van der Waals surface area contributed by atoms with Crippen molar-refractivity contribution in [3.63, 3.8) is 0 Å². The van der Waals surface area contributed by atoms with E-state index in [0.29, 0.717) is 18.2 Å². The van der Waals surface area contributed by atoms with Gasteiger partial charge in [-0.15, -0.1) is 0 Å². The summed E-state index contributed by atoms with van der Waals surface area (Å²) in [6.07, 6.45) is 4.37. The van der Waals surface area contributed by atoms with E-state index in [1.807, 2.05) is 0 Å². The maximum Gasteiger partial charge on any atom is 0.253 e. The van der Waals surface area contributed by atoms with Gasteiger partial charge in [-0.05, 0) is 43.9 Å². The molecular weight excluding hydrogens is 261 g/mol. The summed E-state index contributed by atoms with van der Waals surface area (Å²) < 4.78 is 18.5. The lowest BCUT2D eigenvalue weighted by molar-refractivity contribution is 0.0762. The minimum atomic E-state index is -0.720. The van der Waals surface area contributed by atoms with Crippen molar-refractivity contribution in [2.45, 2.75) is 31.8 Å². The molecule has 1 saturated heterocycles. The molecule has 1 aliphatic heterocycles. The summed E-state index contributed by atoms with van der Waals surface area (Å²) in [7, 11) is 1.71. The van der Waals surface area contributed by atoms with Crippen molar-refractivity contribution in [1.29, 1.82) is 0 Å². The lowest BCUT2D eigenvalue weighted by Gasteiger charge is -2.18. The molecule has 1 atom stereocenters. The number of nitrogens with zero attached hydrogens (tertiary/aromatic N) is 1. The van der Waals surface area contributed by atoms with Crippen molar-refractivity contribution in [2.75, 3.05) is 20.2 Å². The molecule has 0 spiro atoms. The highest BCUT2D eigenvalue weighted by molar-refractivity contribution is 5.94. The SMILES string of the molecule is CN(CCC[C@@H]1CCCO1)C(=O)c1ccc(F)c(O)c1. The number of carbonyl (C=O) groups is 1. The van der Waals surface area contributed by atoms with Crippen LogP contribution in [0.25, 0.3) is 0 Å². The molecule has 0 bridgehead atoms. The first-order valence-electron chi connectivity index (χ1n) is 6.93. The van der Waals surface area contributed by atoms with Crippen LogP contribution in [0.5, 0.6) is 5.75 Å². The Morgan fingerprint density at radius 1 is 1.55 bits per heavy atom. The van der Waals surface area contributed by atoms with Crippen LogP contribution in [0.4, 0.5) is 4.39 Å². The maximum absolute atomic E-state index is 12.9. The third-order valence-corrected chi connectivity index (χ3v) is 3.58. The first kappa shape index (κ1) is 14.8. The molecule has 5 heteroatoms. The fourth-order valence-electron chi connectivity index (χ4n) is 2.40. The number of carbonyl (C=O) groups excluding carboxylic acids is 1. The van der Waals surface area contributed by atoms with Gasteiger partial charge in [0.15, 0.2) is 11.6 Å². The molecule has 1 N–H and O–H groups in total. The second-order valence-corrected chi connectivity index (χ2v) is 5.17. The van der Waals surface area contributed by atoms with Gasteiger partial charge < -0.3 is 14.7 Å². The molecule has 2 rings (SSSR count). The Balaban J connectivity index is 1.82. The second kappa shape index (κ2) is 6.70. The van der Waals surface area contributed by atoms with Crippen LogP contribution >= 0.6 is 0 Å². The van der Waals surface area contributed by atoms with Crippen molar-refractivity contribution < 1.29 is 19.0 Å². The smallest absolute Gasteiger partial charge is 0.253 e. The highest BCUT2D eigenvalue weighted by Crippen LogP contribution is 2.19. The van der Waals surface area contributed by atoms with Crippen LogP contribution in [-0.2, 0) is 4.74 Å². The number of phenolic OH excluding ortho intramolecular Hbond substituents is 1. The summed E-state index contributed by atoms with van der Waals surface area (Å²) in [4.78, 5) is 13.7. The minimum Gasteiger partial charge on any atom is -0.505 e. The third kappa shape index (κ3) is 3.70. The Morgan fingerprint density at radius 2 is 2.35 bits per heavy atom. The van der Waals surface area contributed by atoms with E-state index in [4.69, 9.17) is 4.74 Å². The monoisotopic (exact) mass is 281 g/mol. The van der Waals surface area contributed by atoms with Gasteiger partial charge in [-0.1, -0.05) is 0 Å². The number of hydrogen-bond acceptors (Lipinski definition) is 3. The predicted octanol–water partition coefficient (Wildman–Crippen LogP) is 2.56. The molecular formula is C15H20FNO3. The van der Waals surface area contributed by atoms with Crippen molar-refractivity contribution in [3.05, 3.63) is 29.6 Å². The van der Waals surface area contributed by atoms with Crippen LogP contribution in [0.3, 0.4) is 0 Å². The maximum atomic E-state index is 12.9. The molecule has 1 fully saturated rings. The molecule has 20 heavy (non-hydrogen) atoms. The van der Waals surface area contributed by atoms with E-state index in [0.717, 1.165) is 44.4 Å². The molecule has 4 nitrogen and oxygen atoms in total. The largest absolute Gasteiger partial charge is 0.505 e. The van der Waals surface area contributed by atoms with E-state index in [1.165, 1.54) is 6.07 Å². The predicted molar refractivity (Wildman–Crippen MR) is 73.2 cm³/mol. The summed E-state index contributed by atoms with van der Waals surface area (Å²) in [5.74, 6) is -1.43. The molecule has 0 aliphatic carbocycles. The molecule has 1 heterocycles. The number of phenols is 1. The highest BCUT2D eigenvalue weighted by Gasteiger charge is 2.17. The van der Waals surface area contributed by atoms with Crippen LogP contribution in [-0.4, -0.2) is 42.2 Å².